The van der Waals surface area contributed by atoms with Gasteiger partial charge >= 0.3 is 9.56 Å². The van der Waals surface area contributed by atoms with Gasteiger partial charge in [-0.2, -0.15) is 0 Å². The average molecular weight is 271 g/mol. The Kier molecular flexibility index (Phi) is 2.44. The first-order valence-electron chi connectivity index (χ1n) is 5.28. The highest BCUT2D eigenvalue weighted by atomic mass is 32.2. The van der Waals surface area contributed by atoms with Gasteiger partial charge in [0.05, 0.1) is 23.5 Å². The Hall–Kier alpha value is -1.02. The van der Waals surface area contributed by atoms with Gasteiger partial charge < -0.3 is 9.64 Å². The van der Waals surface area contributed by atoms with Crippen molar-refractivity contribution in [3.05, 3.63) is 0 Å². The topological polar surface area (TPSA) is 43.2 Å². The minimum Gasteiger partial charge on any atom is -0.469 e. The van der Waals surface area contributed by atoms with Gasteiger partial charge in [-0.3, -0.25) is 0 Å². The summed E-state index contributed by atoms with van der Waals surface area (Å²) in [5.74, 6) is 0. The Labute approximate surface area is 108 Å². The summed E-state index contributed by atoms with van der Waals surface area (Å²) in [6.45, 7) is 2.59. The van der Waals surface area contributed by atoms with Gasteiger partial charge in [-0.05, 0) is 6.92 Å². The molecule has 0 amide bonds. The predicted octanol–water partition coefficient (Wildman–Crippen LogP) is 0.412. The zero-order valence-corrected chi connectivity index (χ0v) is 11.5. The first-order chi connectivity index (χ1) is 8.15. The monoisotopic (exact) mass is 271 g/mol. The van der Waals surface area contributed by atoms with Gasteiger partial charge in [-0.1, -0.05) is 0 Å². The van der Waals surface area contributed by atoms with Crippen LogP contribution < -0.4 is 0 Å². The molecule has 3 aliphatic heterocycles. The molecule has 90 valence electrons. The molecule has 0 N–H and O–H groups in total. The Balaban J connectivity index is 1.88. The second-order valence-electron chi connectivity index (χ2n) is 3.82. The van der Waals surface area contributed by atoms with E-state index in [1.165, 1.54) is 0 Å². The lowest BCUT2D eigenvalue weighted by molar-refractivity contribution is -0.749. The van der Waals surface area contributed by atoms with Gasteiger partial charge in [0.2, 0.25) is 5.17 Å². The summed E-state index contributed by atoms with van der Waals surface area (Å²) in [6, 6.07) is 0. The van der Waals surface area contributed by atoms with Crippen LogP contribution in [-0.4, -0.2) is 62.1 Å². The molecule has 1 spiro atoms. The van der Waals surface area contributed by atoms with Crippen LogP contribution in [0, 0.1) is 0 Å². The highest BCUT2D eigenvalue weighted by molar-refractivity contribution is 8.30. The van der Waals surface area contributed by atoms with Crippen LogP contribution in [0.3, 0.4) is 0 Å². The number of rotatable bonds is 1. The fourth-order valence-corrected chi connectivity index (χ4v) is 4.10. The Morgan fingerprint density at radius 1 is 1.29 bits per heavy atom. The van der Waals surface area contributed by atoms with Gasteiger partial charge in [-0.25, -0.2) is 0 Å². The molecule has 0 aromatic heterocycles. The average Bonchev–Trinajstić information content (AvgIpc) is 2.85. The molecule has 0 aromatic rings. The smallest absolute Gasteiger partial charge is 0.469 e. The second-order valence-corrected chi connectivity index (χ2v) is 6.34. The van der Waals surface area contributed by atoms with Crippen LogP contribution in [0.2, 0.25) is 0 Å². The van der Waals surface area contributed by atoms with E-state index in [1.807, 2.05) is 47.7 Å². The zero-order chi connectivity index (χ0) is 12.0. The minimum absolute atomic E-state index is 0.343. The van der Waals surface area contributed by atoms with E-state index in [0.29, 0.717) is 11.8 Å². The van der Waals surface area contributed by atoms with Crippen LogP contribution in [-0.2, 0) is 4.74 Å². The molecule has 0 radical (unpaired) electrons. The normalized spacial score (nSPS) is 29.1. The van der Waals surface area contributed by atoms with E-state index in [0.717, 1.165) is 5.17 Å². The Morgan fingerprint density at radius 2 is 2.00 bits per heavy atom. The van der Waals surface area contributed by atoms with Crippen molar-refractivity contribution in [1.29, 1.82) is 0 Å². The maximum atomic E-state index is 5.47. The fraction of sp³-hybridized carbons (Fsp3) is 0.556. The number of ether oxygens (including phenoxy) is 1. The first-order valence-corrected chi connectivity index (χ1v) is 6.91. The number of thioether (sulfide) groups is 2. The standard InChI is InChI=1S/C9H13N5OS2/c1-4-15-8-11-14-6-5-13-9(14,17-8)16-7(10-13)12(2)3/h5-6H,4H2,1-3H3/q+2. The maximum Gasteiger partial charge on any atom is 0.523 e. The molecule has 0 saturated carbocycles. The molecule has 3 heterocycles. The van der Waals surface area contributed by atoms with Crippen molar-refractivity contribution < 1.29 is 14.1 Å². The quantitative estimate of drug-likeness (QED) is 0.648. The van der Waals surface area contributed by atoms with Crippen LogP contribution in [0.4, 0.5) is 0 Å². The molecule has 0 aliphatic carbocycles. The molecule has 3 rings (SSSR count). The number of nitrogens with zero attached hydrogens (tertiary/aromatic N) is 5. The lowest BCUT2D eigenvalue weighted by atomic mass is 10.8. The number of amidine groups is 1. The SMILES string of the molecule is CCOC1=N[N+]2=CC=[N+]3N=C(N(C)C)SC23S1. The third kappa shape index (κ3) is 1.50. The second kappa shape index (κ2) is 3.74. The highest BCUT2D eigenvalue weighted by Crippen LogP contribution is 2.49. The zero-order valence-electron chi connectivity index (χ0n) is 9.82. The summed E-state index contributed by atoms with van der Waals surface area (Å²) < 4.78 is 8.95. The highest BCUT2D eigenvalue weighted by Gasteiger charge is 2.71. The number of hydrogen-bond acceptors (Lipinski definition) is 6. The van der Waals surface area contributed by atoms with Gasteiger partial charge in [-0.15, -0.1) is 0 Å². The summed E-state index contributed by atoms with van der Waals surface area (Å²) in [4.78, 5) is 2.00. The molecule has 1 atom stereocenters. The fourth-order valence-electron chi connectivity index (χ4n) is 1.64. The van der Waals surface area contributed by atoms with Crippen molar-refractivity contribution in [2.24, 2.45) is 10.2 Å². The van der Waals surface area contributed by atoms with Crippen molar-refractivity contribution in [2.45, 2.75) is 11.3 Å². The molecule has 0 saturated heterocycles. The van der Waals surface area contributed by atoms with Crippen molar-refractivity contribution in [2.75, 3.05) is 20.7 Å². The third-order valence-corrected chi connectivity index (χ3v) is 5.19. The lowest BCUT2D eigenvalue weighted by Crippen LogP contribution is -2.33. The van der Waals surface area contributed by atoms with E-state index in [-0.39, 0.29) is 4.33 Å². The molecular formula is C9H13N5OS2+2. The predicted molar refractivity (Wildman–Crippen MR) is 70.7 cm³/mol. The van der Waals surface area contributed by atoms with Crippen LogP contribution in [0.25, 0.3) is 0 Å². The molecule has 6 nitrogen and oxygen atoms in total. The lowest BCUT2D eigenvalue weighted by Gasteiger charge is -2.07. The van der Waals surface area contributed by atoms with Gasteiger partial charge in [0, 0.05) is 28.6 Å². The van der Waals surface area contributed by atoms with E-state index in [4.69, 9.17) is 4.74 Å². The Morgan fingerprint density at radius 3 is 2.65 bits per heavy atom. The minimum atomic E-state index is -0.343. The van der Waals surface area contributed by atoms with Crippen LogP contribution in [0.1, 0.15) is 6.92 Å². The molecule has 1 unspecified atom stereocenters. The van der Waals surface area contributed by atoms with Gasteiger partial charge in [0.15, 0.2) is 0 Å². The van der Waals surface area contributed by atoms with E-state index in [9.17, 15) is 0 Å². The summed E-state index contributed by atoms with van der Waals surface area (Å²) in [6.07, 6.45) is 3.85. The van der Waals surface area contributed by atoms with Crippen molar-refractivity contribution >= 4 is 46.4 Å². The van der Waals surface area contributed by atoms with E-state index >= 15 is 0 Å². The first kappa shape index (κ1) is 11.1. The maximum absolute atomic E-state index is 5.47. The van der Waals surface area contributed by atoms with Crippen molar-refractivity contribution in [1.82, 2.24) is 4.90 Å². The summed E-state index contributed by atoms with van der Waals surface area (Å²) in [5.41, 5.74) is 0. The summed E-state index contributed by atoms with van der Waals surface area (Å²) in [5, 5.41) is 10.6. The number of hydrazone groups is 2. The van der Waals surface area contributed by atoms with Crippen molar-refractivity contribution in [3.63, 3.8) is 0 Å². The van der Waals surface area contributed by atoms with Crippen LogP contribution in [0.5, 0.6) is 0 Å². The van der Waals surface area contributed by atoms with Gasteiger partial charge in [0.25, 0.3) is 12.4 Å². The summed E-state index contributed by atoms with van der Waals surface area (Å²) in [7, 11) is 3.98. The molecule has 17 heavy (non-hydrogen) atoms. The van der Waals surface area contributed by atoms with Crippen LogP contribution in [0.15, 0.2) is 10.2 Å². The van der Waals surface area contributed by atoms with Gasteiger partial charge in [0.1, 0.15) is 11.8 Å². The molecule has 0 bridgehead atoms. The molecule has 0 fully saturated rings. The molecule has 0 aromatic carbocycles. The molecule has 3 aliphatic rings. The number of hydrogen-bond donors (Lipinski definition) is 0. The Bertz CT molecular complexity index is 496. The van der Waals surface area contributed by atoms with Crippen LogP contribution >= 0.6 is 23.5 Å². The van der Waals surface area contributed by atoms with E-state index < -0.39 is 0 Å². The largest absolute Gasteiger partial charge is 0.523 e. The molecular weight excluding hydrogens is 258 g/mol. The van der Waals surface area contributed by atoms with E-state index in [1.54, 1.807) is 23.5 Å². The molecule has 8 heteroatoms. The third-order valence-electron chi connectivity index (χ3n) is 2.41. The van der Waals surface area contributed by atoms with Crippen molar-refractivity contribution in [3.8, 4) is 0 Å². The van der Waals surface area contributed by atoms with E-state index in [2.05, 4.69) is 10.2 Å². The summed E-state index contributed by atoms with van der Waals surface area (Å²) >= 11 is 3.25.